The van der Waals surface area contributed by atoms with Gasteiger partial charge >= 0.3 is 0 Å². The molecule has 2 heterocycles. The third kappa shape index (κ3) is 4.51. The normalized spacial score (nSPS) is 12.2. The second-order valence-electron chi connectivity index (χ2n) is 6.00. The van der Waals surface area contributed by atoms with Crippen LogP contribution in [0.1, 0.15) is 39.8 Å². The van der Waals surface area contributed by atoms with Gasteiger partial charge in [-0.25, -0.2) is 4.98 Å². The number of nitrogens with one attached hydrogen (secondary N) is 1. The van der Waals surface area contributed by atoms with Crippen LogP contribution in [0.4, 0.5) is 5.82 Å². The maximum Gasteiger partial charge on any atom is 0.222 e. The van der Waals surface area contributed by atoms with Gasteiger partial charge in [-0.3, -0.25) is 14.6 Å². The van der Waals surface area contributed by atoms with Crippen LogP contribution in [-0.2, 0) is 9.59 Å². The Morgan fingerprint density at radius 1 is 1.15 bits per heavy atom. The molecule has 0 radical (unpaired) electrons. The minimum Gasteiger partial charge on any atom is -0.311 e. The van der Waals surface area contributed by atoms with E-state index in [0.29, 0.717) is 17.8 Å². The van der Waals surface area contributed by atoms with Crippen LogP contribution in [-0.4, -0.2) is 21.7 Å². The number of Topliss-reactive ketones (excluding diaryl/α,β-unsaturated/α-hetero) is 1. The number of pyridine rings is 2. The van der Waals surface area contributed by atoms with E-state index in [0.717, 1.165) is 27.6 Å². The second-order valence-corrected chi connectivity index (χ2v) is 6.00. The Hall–Kier alpha value is -3.08. The van der Waals surface area contributed by atoms with E-state index in [-0.39, 0.29) is 11.7 Å². The first kappa shape index (κ1) is 19.2. The Kier molecular flexibility index (Phi) is 6.17. The number of hydrogen-bond donors (Lipinski definition) is 1. The van der Waals surface area contributed by atoms with E-state index in [1.807, 2.05) is 32.9 Å². The molecule has 0 saturated carbocycles. The molecule has 0 aliphatic rings. The maximum absolute atomic E-state index is 11.8. The summed E-state index contributed by atoms with van der Waals surface area (Å²) in [5.41, 5.74) is 3.14. The van der Waals surface area contributed by atoms with Crippen LogP contribution in [0.5, 0.6) is 0 Å². The lowest BCUT2D eigenvalue weighted by molar-refractivity contribution is -0.115. The Morgan fingerprint density at radius 2 is 1.81 bits per heavy atom. The number of nitrogens with zero attached hydrogens (tertiary/aromatic N) is 2. The van der Waals surface area contributed by atoms with Gasteiger partial charge in [0, 0.05) is 42.1 Å². The van der Waals surface area contributed by atoms with Crippen molar-refractivity contribution in [2.45, 2.75) is 34.1 Å². The van der Waals surface area contributed by atoms with Gasteiger partial charge in [0.2, 0.25) is 5.91 Å². The average molecular weight is 349 g/mol. The molecule has 0 aliphatic carbocycles. The van der Waals surface area contributed by atoms with Crippen LogP contribution in [0.15, 0.2) is 54.4 Å². The Balaban J connectivity index is 2.38. The number of fused-ring (bicyclic) bond motifs is 1. The Labute approximate surface area is 153 Å². The number of carbonyl (C=O) groups is 2. The molecular weight excluding hydrogens is 326 g/mol. The third-order valence-corrected chi connectivity index (χ3v) is 3.97. The third-order valence-electron chi connectivity index (χ3n) is 3.97. The number of rotatable bonds is 6. The highest BCUT2D eigenvalue weighted by atomic mass is 16.1. The smallest absolute Gasteiger partial charge is 0.222 e. The van der Waals surface area contributed by atoms with E-state index in [2.05, 4.69) is 21.9 Å². The molecule has 0 atom stereocenters. The molecule has 1 N–H and O–H groups in total. The molecule has 0 spiro atoms. The number of allylic oxidation sites excluding steroid dienone is 5. The minimum absolute atomic E-state index is 0.0287. The molecule has 0 fully saturated rings. The summed E-state index contributed by atoms with van der Waals surface area (Å²) in [6, 6.07) is 3.73. The highest BCUT2D eigenvalue weighted by molar-refractivity contribution is 5.98. The van der Waals surface area contributed by atoms with Crippen LogP contribution >= 0.6 is 0 Å². The molecule has 134 valence electrons. The largest absolute Gasteiger partial charge is 0.311 e. The molecular formula is C21H23N3O2. The zero-order chi connectivity index (χ0) is 19.3. The van der Waals surface area contributed by atoms with E-state index in [9.17, 15) is 9.59 Å². The summed E-state index contributed by atoms with van der Waals surface area (Å²) in [4.78, 5) is 31.7. The van der Waals surface area contributed by atoms with Crippen molar-refractivity contribution in [3.63, 3.8) is 0 Å². The predicted octanol–water partition coefficient (Wildman–Crippen LogP) is 4.47. The van der Waals surface area contributed by atoms with Crippen LogP contribution in [0, 0.1) is 0 Å². The van der Waals surface area contributed by atoms with Gasteiger partial charge in [-0.2, -0.15) is 0 Å². The lowest BCUT2D eigenvalue weighted by Gasteiger charge is -2.10. The summed E-state index contributed by atoms with van der Waals surface area (Å²) in [6.07, 6.45) is 7.65. The van der Waals surface area contributed by atoms with Crippen molar-refractivity contribution in [2.24, 2.45) is 0 Å². The Morgan fingerprint density at radius 3 is 2.42 bits per heavy atom. The highest BCUT2D eigenvalue weighted by Crippen LogP contribution is 2.26. The van der Waals surface area contributed by atoms with Crippen molar-refractivity contribution in [3.8, 4) is 0 Å². The molecule has 2 aromatic heterocycles. The van der Waals surface area contributed by atoms with Gasteiger partial charge < -0.3 is 5.32 Å². The Bertz CT molecular complexity index is 939. The van der Waals surface area contributed by atoms with Crippen molar-refractivity contribution < 1.29 is 9.59 Å². The molecule has 0 aromatic carbocycles. The predicted molar refractivity (Wildman–Crippen MR) is 106 cm³/mol. The van der Waals surface area contributed by atoms with E-state index in [1.165, 1.54) is 6.92 Å². The first-order chi connectivity index (χ1) is 12.3. The summed E-state index contributed by atoms with van der Waals surface area (Å²) in [5, 5.41) is 4.46. The minimum atomic E-state index is -0.166. The van der Waals surface area contributed by atoms with E-state index < -0.39 is 0 Å². The first-order valence-electron chi connectivity index (χ1n) is 8.46. The van der Waals surface area contributed by atoms with E-state index >= 15 is 0 Å². The van der Waals surface area contributed by atoms with Gasteiger partial charge in [0.05, 0.1) is 5.69 Å². The van der Waals surface area contributed by atoms with Gasteiger partial charge in [0.1, 0.15) is 5.82 Å². The lowest BCUT2D eigenvalue weighted by Crippen LogP contribution is -2.07. The topological polar surface area (TPSA) is 72.0 Å². The SMILES string of the molecule is C=C(/C=C(C)\C(=C/C)c1cc2cnc(NC(C)=O)cc2cn1)C(=O)CC. The van der Waals surface area contributed by atoms with E-state index in [1.54, 1.807) is 24.5 Å². The van der Waals surface area contributed by atoms with Gasteiger partial charge in [0.25, 0.3) is 0 Å². The fraction of sp³-hybridized carbons (Fsp3) is 0.238. The van der Waals surface area contributed by atoms with Gasteiger partial charge in [-0.05, 0) is 43.2 Å². The zero-order valence-electron chi connectivity index (χ0n) is 15.6. The highest BCUT2D eigenvalue weighted by Gasteiger charge is 2.09. The quantitative estimate of drug-likeness (QED) is 0.617. The molecule has 1 amide bonds. The summed E-state index contributed by atoms with van der Waals surface area (Å²) >= 11 is 0. The van der Waals surface area contributed by atoms with Gasteiger partial charge in [-0.15, -0.1) is 0 Å². The monoisotopic (exact) mass is 349 g/mol. The molecule has 5 heteroatoms. The molecule has 0 bridgehead atoms. The van der Waals surface area contributed by atoms with E-state index in [4.69, 9.17) is 0 Å². The first-order valence-corrected chi connectivity index (χ1v) is 8.46. The van der Waals surface area contributed by atoms with Crippen LogP contribution in [0.3, 0.4) is 0 Å². The van der Waals surface area contributed by atoms with Crippen LogP contribution < -0.4 is 5.32 Å². The molecule has 5 nitrogen and oxygen atoms in total. The number of aromatic nitrogens is 2. The summed E-state index contributed by atoms with van der Waals surface area (Å²) in [7, 11) is 0. The fourth-order valence-corrected chi connectivity index (χ4v) is 2.66. The second kappa shape index (κ2) is 8.34. The fourth-order valence-electron chi connectivity index (χ4n) is 2.66. The molecule has 2 aromatic rings. The number of carbonyl (C=O) groups excluding carboxylic acids is 2. The van der Waals surface area contributed by atoms with Crippen molar-refractivity contribution in [3.05, 3.63) is 60.1 Å². The molecule has 0 saturated heterocycles. The van der Waals surface area contributed by atoms with Crippen LogP contribution in [0.2, 0.25) is 0 Å². The lowest BCUT2D eigenvalue weighted by atomic mass is 9.98. The number of ketones is 1. The summed E-state index contributed by atoms with van der Waals surface area (Å²) in [6.45, 7) is 11.0. The number of anilines is 1. The average Bonchev–Trinajstić information content (AvgIpc) is 2.61. The number of amides is 1. The van der Waals surface area contributed by atoms with Crippen LogP contribution in [0.25, 0.3) is 16.3 Å². The summed E-state index contributed by atoms with van der Waals surface area (Å²) in [5.74, 6) is 0.359. The number of hydrogen-bond acceptors (Lipinski definition) is 4. The molecule has 0 unspecified atom stereocenters. The summed E-state index contributed by atoms with van der Waals surface area (Å²) < 4.78 is 0. The maximum atomic E-state index is 11.8. The van der Waals surface area contributed by atoms with Gasteiger partial charge in [-0.1, -0.05) is 19.6 Å². The van der Waals surface area contributed by atoms with Crippen molar-refractivity contribution in [1.82, 2.24) is 9.97 Å². The van der Waals surface area contributed by atoms with Crippen molar-refractivity contribution in [2.75, 3.05) is 5.32 Å². The molecule has 26 heavy (non-hydrogen) atoms. The standard InChI is InChI=1S/C21H23N3O2/c1-6-18(13(3)8-14(4)20(26)7-2)19-9-16-12-23-21(24-15(5)25)10-17(16)11-22-19/h6,8-12H,4,7H2,1-3,5H3,(H,23,24,25)/b13-8-,18-6+. The molecule has 0 aliphatic heterocycles. The van der Waals surface area contributed by atoms with Crippen molar-refractivity contribution in [1.29, 1.82) is 0 Å². The molecule has 2 rings (SSSR count). The van der Waals surface area contributed by atoms with Gasteiger partial charge in [0.15, 0.2) is 5.78 Å². The zero-order valence-corrected chi connectivity index (χ0v) is 15.6. The van der Waals surface area contributed by atoms with Crippen molar-refractivity contribution >= 4 is 33.9 Å².